The average Bonchev–Trinajstić information content (AvgIpc) is 3.04. The number of aliphatic hydroxyl groups is 1. The summed E-state index contributed by atoms with van der Waals surface area (Å²) in [5.41, 5.74) is 1.45. The number of ether oxygens (including phenoxy) is 2. The second kappa shape index (κ2) is 7.21. The van der Waals surface area contributed by atoms with Crippen molar-refractivity contribution >= 4 is 21.6 Å². The predicted octanol–water partition coefficient (Wildman–Crippen LogP) is 2.78. The highest BCUT2D eigenvalue weighted by molar-refractivity contribution is 7.89. The van der Waals surface area contributed by atoms with Gasteiger partial charge in [-0.2, -0.15) is 0 Å². The number of benzene rings is 2. The van der Waals surface area contributed by atoms with Crippen LogP contribution in [-0.4, -0.2) is 26.9 Å². The molecule has 1 aliphatic rings. The minimum absolute atomic E-state index is 0.0867. The number of fused-ring (bicyclic) bond motifs is 1. The summed E-state index contributed by atoms with van der Waals surface area (Å²) in [6.45, 7) is 2.05. The Bertz CT molecular complexity index is 885. The molecule has 1 heterocycles. The van der Waals surface area contributed by atoms with E-state index in [-0.39, 0.29) is 24.7 Å². The molecule has 3 rings (SSSR count). The van der Waals surface area contributed by atoms with Gasteiger partial charge in [0.1, 0.15) is 0 Å². The van der Waals surface area contributed by atoms with Crippen molar-refractivity contribution < 1.29 is 23.0 Å². The highest BCUT2D eigenvalue weighted by Crippen LogP contribution is 2.34. The Morgan fingerprint density at radius 1 is 1.20 bits per heavy atom. The van der Waals surface area contributed by atoms with Gasteiger partial charge in [0, 0.05) is 11.6 Å². The van der Waals surface area contributed by atoms with Gasteiger partial charge in [-0.05, 0) is 48.7 Å². The van der Waals surface area contributed by atoms with Crippen LogP contribution in [0.2, 0.25) is 5.02 Å². The number of nitrogens with one attached hydrogen (secondary N) is 1. The van der Waals surface area contributed by atoms with Crippen LogP contribution in [0.4, 0.5) is 0 Å². The molecule has 0 saturated heterocycles. The van der Waals surface area contributed by atoms with E-state index in [0.29, 0.717) is 22.1 Å². The quantitative estimate of drug-likeness (QED) is 0.801. The minimum Gasteiger partial charge on any atom is -0.454 e. The topological polar surface area (TPSA) is 84.9 Å². The fourth-order valence-corrected chi connectivity index (χ4v) is 3.76. The Labute approximate surface area is 151 Å². The molecule has 8 heteroatoms. The molecule has 2 aromatic rings. The van der Waals surface area contributed by atoms with E-state index in [2.05, 4.69) is 4.72 Å². The van der Waals surface area contributed by atoms with Crippen molar-refractivity contribution in [3.63, 3.8) is 0 Å². The van der Waals surface area contributed by atoms with E-state index in [1.807, 2.05) is 0 Å². The van der Waals surface area contributed by atoms with E-state index in [9.17, 15) is 13.5 Å². The molecule has 1 atom stereocenters. The van der Waals surface area contributed by atoms with Crippen molar-refractivity contribution in [3.05, 3.63) is 52.5 Å². The number of aryl methyl sites for hydroxylation is 1. The molecule has 0 spiro atoms. The van der Waals surface area contributed by atoms with Gasteiger partial charge in [-0.15, -0.1) is 0 Å². The highest BCUT2D eigenvalue weighted by Gasteiger charge is 2.18. The Balaban J connectivity index is 1.60. The largest absolute Gasteiger partial charge is 0.454 e. The third-order valence-corrected chi connectivity index (χ3v) is 5.81. The van der Waals surface area contributed by atoms with Gasteiger partial charge in [-0.1, -0.05) is 23.7 Å². The van der Waals surface area contributed by atoms with E-state index in [0.717, 1.165) is 5.56 Å². The summed E-state index contributed by atoms with van der Waals surface area (Å²) in [5, 5.41) is 10.6. The Kier molecular flexibility index (Phi) is 5.19. The van der Waals surface area contributed by atoms with Gasteiger partial charge in [0.25, 0.3) is 0 Å². The van der Waals surface area contributed by atoms with Crippen molar-refractivity contribution in [2.75, 3.05) is 13.3 Å². The van der Waals surface area contributed by atoms with Crippen LogP contribution in [0.3, 0.4) is 0 Å². The maximum atomic E-state index is 12.3. The highest BCUT2D eigenvalue weighted by atomic mass is 35.5. The summed E-state index contributed by atoms with van der Waals surface area (Å²) in [4.78, 5) is 0.0978. The van der Waals surface area contributed by atoms with Gasteiger partial charge in [-0.3, -0.25) is 0 Å². The lowest BCUT2D eigenvalue weighted by Gasteiger charge is -2.13. The van der Waals surface area contributed by atoms with Crippen molar-refractivity contribution in [2.45, 2.75) is 24.3 Å². The zero-order valence-electron chi connectivity index (χ0n) is 13.5. The van der Waals surface area contributed by atoms with Gasteiger partial charge >= 0.3 is 0 Å². The first-order valence-electron chi connectivity index (χ1n) is 7.70. The molecular weight excluding hydrogens is 366 g/mol. The number of sulfonamides is 1. The van der Waals surface area contributed by atoms with Crippen LogP contribution >= 0.6 is 11.6 Å². The van der Waals surface area contributed by atoms with Gasteiger partial charge in [0.05, 0.1) is 11.0 Å². The monoisotopic (exact) mass is 383 g/mol. The molecule has 0 fully saturated rings. The summed E-state index contributed by atoms with van der Waals surface area (Å²) < 4.78 is 37.5. The smallest absolute Gasteiger partial charge is 0.240 e. The molecule has 2 aromatic carbocycles. The van der Waals surface area contributed by atoms with Crippen LogP contribution in [-0.2, 0) is 10.0 Å². The third-order valence-electron chi connectivity index (χ3n) is 3.94. The first kappa shape index (κ1) is 18.0. The zero-order chi connectivity index (χ0) is 18.0. The van der Waals surface area contributed by atoms with Crippen LogP contribution in [0.1, 0.15) is 23.7 Å². The zero-order valence-corrected chi connectivity index (χ0v) is 15.1. The van der Waals surface area contributed by atoms with Crippen molar-refractivity contribution in [2.24, 2.45) is 0 Å². The average molecular weight is 384 g/mol. The van der Waals surface area contributed by atoms with Crippen molar-refractivity contribution in [1.82, 2.24) is 4.72 Å². The van der Waals surface area contributed by atoms with Crippen molar-refractivity contribution in [1.29, 1.82) is 0 Å². The lowest BCUT2D eigenvalue weighted by atomic mass is 10.1. The van der Waals surface area contributed by atoms with E-state index in [4.69, 9.17) is 21.1 Å². The predicted molar refractivity (Wildman–Crippen MR) is 93.5 cm³/mol. The normalized spacial score (nSPS) is 14.5. The molecule has 25 heavy (non-hydrogen) atoms. The lowest BCUT2D eigenvalue weighted by Crippen LogP contribution is -2.26. The summed E-state index contributed by atoms with van der Waals surface area (Å²) in [6.07, 6.45) is -0.600. The molecule has 2 N–H and O–H groups in total. The summed E-state index contributed by atoms with van der Waals surface area (Å²) >= 11 is 5.98. The lowest BCUT2D eigenvalue weighted by molar-refractivity contribution is 0.166. The standard InChI is InChI=1S/C17H18ClNO5S/c1-11-2-4-13(9-14(11)18)25(21,22)19-7-6-15(20)12-3-5-16-17(8-12)24-10-23-16/h2-5,8-9,15,19-20H,6-7,10H2,1H3. The van der Waals surface area contributed by atoms with E-state index >= 15 is 0 Å². The molecule has 0 bridgehead atoms. The van der Waals surface area contributed by atoms with Gasteiger partial charge in [0.2, 0.25) is 16.8 Å². The van der Waals surface area contributed by atoms with Gasteiger partial charge in [-0.25, -0.2) is 13.1 Å². The van der Waals surface area contributed by atoms with Crippen LogP contribution in [0.5, 0.6) is 11.5 Å². The fourth-order valence-electron chi connectivity index (χ4n) is 2.44. The molecular formula is C17H18ClNO5S. The summed E-state index contributed by atoms with van der Waals surface area (Å²) in [5.74, 6) is 1.21. The van der Waals surface area contributed by atoms with E-state index < -0.39 is 16.1 Å². The number of aliphatic hydroxyl groups excluding tert-OH is 1. The summed E-state index contributed by atoms with van der Waals surface area (Å²) in [7, 11) is -3.68. The second-order valence-corrected chi connectivity index (χ2v) is 7.90. The number of hydrogen-bond donors (Lipinski definition) is 2. The third kappa shape index (κ3) is 4.07. The summed E-state index contributed by atoms with van der Waals surface area (Å²) in [6, 6.07) is 9.71. The number of hydrogen-bond acceptors (Lipinski definition) is 5. The maximum absolute atomic E-state index is 12.3. The number of halogens is 1. The molecule has 6 nitrogen and oxygen atoms in total. The fraction of sp³-hybridized carbons (Fsp3) is 0.294. The first-order chi connectivity index (χ1) is 11.9. The Morgan fingerprint density at radius 3 is 2.72 bits per heavy atom. The van der Waals surface area contributed by atoms with Crippen LogP contribution < -0.4 is 14.2 Å². The molecule has 0 aliphatic carbocycles. The first-order valence-corrected chi connectivity index (χ1v) is 9.56. The molecule has 0 amide bonds. The van der Waals surface area contributed by atoms with Crippen LogP contribution in [0.15, 0.2) is 41.3 Å². The van der Waals surface area contributed by atoms with Crippen LogP contribution in [0.25, 0.3) is 0 Å². The van der Waals surface area contributed by atoms with Gasteiger partial charge < -0.3 is 14.6 Å². The van der Waals surface area contributed by atoms with Crippen molar-refractivity contribution in [3.8, 4) is 11.5 Å². The Hall–Kier alpha value is -1.80. The molecule has 1 unspecified atom stereocenters. The van der Waals surface area contributed by atoms with Gasteiger partial charge in [0.15, 0.2) is 11.5 Å². The molecule has 0 aromatic heterocycles. The molecule has 0 radical (unpaired) electrons. The second-order valence-electron chi connectivity index (χ2n) is 5.73. The minimum atomic E-state index is -3.68. The van der Waals surface area contributed by atoms with E-state index in [1.54, 1.807) is 31.2 Å². The molecule has 1 aliphatic heterocycles. The van der Waals surface area contributed by atoms with E-state index in [1.165, 1.54) is 12.1 Å². The molecule has 0 saturated carbocycles. The maximum Gasteiger partial charge on any atom is 0.240 e. The molecule has 134 valence electrons. The SMILES string of the molecule is Cc1ccc(S(=O)(=O)NCCC(O)c2ccc3c(c2)OCO3)cc1Cl. The number of rotatable bonds is 6. The Morgan fingerprint density at radius 2 is 1.96 bits per heavy atom. The van der Waals surface area contributed by atoms with Crippen LogP contribution in [0, 0.1) is 6.92 Å².